The molecular weight excluding hydrogens is 365 g/mol. The number of nitrogens with zero attached hydrogens (tertiary/aromatic N) is 4. The molecule has 0 aliphatic rings. The zero-order valence-corrected chi connectivity index (χ0v) is 16.1. The molecule has 0 saturated heterocycles. The van der Waals surface area contributed by atoms with E-state index in [4.69, 9.17) is 5.73 Å². The van der Waals surface area contributed by atoms with Gasteiger partial charge in [0, 0.05) is 36.1 Å². The molecule has 0 amide bonds. The number of nitrogens with two attached hydrogens (primary N) is 1. The Morgan fingerprint density at radius 1 is 1.33 bits per heavy atom. The smallest absolute Gasteiger partial charge is 0.346 e. The molecule has 3 aromatic rings. The predicted molar refractivity (Wildman–Crippen MR) is 108 cm³/mol. The third-order valence-electron chi connectivity index (χ3n) is 4.20. The summed E-state index contributed by atoms with van der Waals surface area (Å²) in [5, 5.41) is 4.05. The fraction of sp³-hybridized carbons (Fsp3) is 0.263. The van der Waals surface area contributed by atoms with Gasteiger partial charge in [0.25, 0.3) is 0 Å². The van der Waals surface area contributed by atoms with E-state index in [1.807, 2.05) is 26.2 Å². The summed E-state index contributed by atoms with van der Waals surface area (Å²) >= 11 is 1.64. The summed E-state index contributed by atoms with van der Waals surface area (Å²) in [6.45, 7) is 0.538. The van der Waals surface area contributed by atoms with Gasteiger partial charge in [-0.1, -0.05) is 12.1 Å². The average Bonchev–Trinajstić information content (AvgIpc) is 3.28. The fourth-order valence-corrected chi connectivity index (χ4v) is 3.65. The van der Waals surface area contributed by atoms with Gasteiger partial charge in [-0.3, -0.25) is 4.57 Å². The van der Waals surface area contributed by atoms with Crippen molar-refractivity contribution < 1.29 is 4.39 Å². The molecule has 0 aliphatic heterocycles. The van der Waals surface area contributed by atoms with Crippen LogP contribution in [-0.4, -0.2) is 35.0 Å². The zero-order valence-electron chi connectivity index (χ0n) is 15.3. The number of hydrogen-bond acceptors (Lipinski definition) is 5. The lowest BCUT2D eigenvalue weighted by molar-refractivity contribution is 0.604. The Hall–Kier alpha value is -2.71. The van der Waals surface area contributed by atoms with Crippen LogP contribution in [0.5, 0.6) is 0 Å². The third kappa shape index (κ3) is 4.35. The van der Waals surface area contributed by atoms with E-state index in [1.165, 1.54) is 15.6 Å². The Morgan fingerprint density at radius 2 is 2.15 bits per heavy atom. The number of thiophene rings is 1. The van der Waals surface area contributed by atoms with Crippen LogP contribution >= 0.6 is 11.3 Å². The van der Waals surface area contributed by atoms with Crippen LogP contribution in [0.3, 0.4) is 0 Å². The Balaban J connectivity index is 1.78. The fourth-order valence-electron chi connectivity index (χ4n) is 2.65. The van der Waals surface area contributed by atoms with E-state index in [-0.39, 0.29) is 18.8 Å². The molecule has 0 spiro atoms. The van der Waals surface area contributed by atoms with Crippen LogP contribution in [0.2, 0.25) is 0 Å². The van der Waals surface area contributed by atoms with Gasteiger partial charge in [-0.25, -0.2) is 13.9 Å². The molecule has 3 rings (SSSR count). The van der Waals surface area contributed by atoms with Crippen LogP contribution in [0.15, 0.2) is 59.4 Å². The third-order valence-corrected chi connectivity index (χ3v) is 5.32. The van der Waals surface area contributed by atoms with Gasteiger partial charge >= 0.3 is 5.69 Å². The van der Waals surface area contributed by atoms with Gasteiger partial charge in [-0.15, -0.1) is 11.3 Å². The Kier molecular flexibility index (Phi) is 5.88. The zero-order chi connectivity index (χ0) is 19.4. The second-order valence-corrected chi connectivity index (χ2v) is 7.55. The van der Waals surface area contributed by atoms with E-state index in [9.17, 15) is 9.18 Å². The van der Waals surface area contributed by atoms with Crippen molar-refractivity contribution in [3.63, 3.8) is 0 Å². The van der Waals surface area contributed by atoms with E-state index in [1.54, 1.807) is 11.3 Å². The summed E-state index contributed by atoms with van der Waals surface area (Å²) < 4.78 is 15.4. The van der Waals surface area contributed by atoms with E-state index in [0.717, 1.165) is 21.0 Å². The molecule has 2 aromatic heterocycles. The highest BCUT2D eigenvalue weighted by atomic mass is 32.1. The minimum absolute atomic E-state index is 0.0517. The first-order chi connectivity index (χ1) is 13.0. The van der Waals surface area contributed by atoms with Crippen LogP contribution in [0, 0.1) is 0 Å². The van der Waals surface area contributed by atoms with Gasteiger partial charge in [0.1, 0.15) is 6.33 Å². The number of aromatic nitrogens is 3. The average molecular weight is 387 g/mol. The molecule has 0 saturated carbocycles. The quantitative estimate of drug-likeness (QED) is 0.677. The van der Waals surface area contributed by atoms with Crippen LogP contribution in [-0.2, 0) is 13.1 Å². The highest BCUT2D eigenvalue weighted by Gasteiger charge is 2.10. The maximum absolute atomic E-state index is 12.7. The van der Waals surface area contributed by atoms with Gasteiger partial charge in [0.15, 0.2) is 0 Å². The highest BCUT2D eigenvalue weighted by molar-refractivity contribution is 7.15. The number of hydrogen-bond donors (Lipinski definition) is 1. The molecule has 27 heavy (non-hydrogen) atoms. The molecule has 6 nitrogen and oxygen atoms in total. The molecule has 0 bridgehead atoms. The van der Waals surface area contributed by atoms with Crippen molar-refractivity contribution in [2.45, 2.75) is 13.1 Å². The summed E-state index contributed by atoms with van der Waals surface area (Å²) in [5.74, 6) is 0. The summed E-state index contributed by atoms with van der Waals surface area (Å²) in [7, 11) is 4.02. The predicted octanol–water partition coefficient (Wildman–Crippen LogP) is 2.70. The molecule has 2 N–H and O–H groups in total. The SMILES string of the molecule is CN(C)c1cccc(-c2ccc(Cn3cnn(C/C(=C/F)CN)c3=O)s2)c1. The second kappa shape index (κ2) is 8.32. The first-order valence-corrected chi connectivity index (χ1v) is 9.30. The largest absolute Gasteiger partial charge is 0.378 e. The summed E-state index contributed by atoms with van der Waals surface area (Å²) in [6, 6.07) is 12.4. The number of rotatable bonds is 7. The summed E-state index contributed by atoms with van der Waals surface area (Å²) in [6.07, 6.45) is 1.90. The van der Waals surface area contributed by atoms with E-state index >= 15 is 0 Å². The molecule has 0 aliphatic carbocycles. The van der Waals surface area contributed by atoms with Crippen molar-refractivity contribution in [2.24, 2.45) is 5.73 Å². The summed E-state index contributed by atoms with van der Waals surface area (Å²) in [5.41, 5.74) is 7.75. The molecule has 2 heterocycles. The lowest BCUT2D eigenvalue weighted by atomic mass is 10.1. The van der Waals surface area contributed by atoms with Gasteiger partial charge in [-0.2, -0.15) is 5.10 Å². The van der Waals surface area contributed by atoms with E-state index in [2.05, 4.69) is 34.3 Å². The molecule has 0 fully saturated rings. The number of halogens is 1. The van der Waals surface area contributed by atoms with Crippen LogP contribution < -0.4 is 16.3 Å². The Labute approximate surface area is 161 Å². The van der Waals surface area contributed by atoms with Gasteiger partial charge in [0.05, 0.1) is 19.4 Å². The number of anilines is 1. The Morgan fingerprint density at radius 3 is 2.85 bits per heavy atom. The maximum atomic E-state index is 12.7. The van der Waals surface area contributed by atoms with Crippen LogP contribution in [0.4, 0.5) is 10.1 Å². The van der Waals surface area contributed by atoms with Crippen LogP contribution in [0.1, 0.15) is 4.88 Å². The lowest BCUT2D eigenvalue weighted by Crippen LogP contribution is -2.26. The highest BCUT2D eigenvalue weighted by Crippen LogP contribution is 2.30. The van der Waals surface area contributed by atoms with Crippen molar-refractivity contribution in [3.05, 3.63) is 70.0 Å². The van der Waals surface area contributed by atoms with Crippen molar-refractivity contribution in [3.8, 4) is 10.4 Å². The van der Waals surface area contributed by atoms with Crippen LogP contribution in [0.25, 0.3) is 10.4 Å². The molecular formula is C19H22FN5OS. The van der Waals surface area contributed by atoms with Gasteiger partial charge in [0.2, 0.25) is 0 Å². The molecule has 0 radical (unpaired) electrons. The monoisotopic (exact) mass is 387 g/mol. The van der Waals surface area contributed by atoms with Gasteiger partial charge in [-0.05, 0) is 35.4 Å². The van der Waals surface area contributed by atoms with Crippen molar-refractivity contribution >= 4 is 17.0 Å². The number of benzene rings is 1. The minimum Gasteiger partial charge on any atom is -0.378 e. The van der Waals surface area contributed by atoms with Crippen molar-refractivity contribution in [2.75, 3.05) is 25.5 Å². The van der Waals surface area contributed by atoms with E-state index < -0.39 is 0 Å². The molecule has 0 unspecified atom stereocenters. The van der Waals surface area contributed by atoms with Crippen molar-refractivity contribution in [1.29, 1.82) is 0 Å². The Bertz CT molecular complexity index is 1000. The molecule has 1 aromatic carbocycles. The first kappa shape index (κ1) is 19.1. The standard InChI is InChI=1S/C19H22FN5OS/c1-23(2)16-5-3-4-15(8-16)18-7-6-17(27-18)12-24-13-22-25(19(24)26)11-14(9-20)10-21/h3-9,13H,10-12,21H2,1-2H3/b14-9+. The topological polar surface area (TPSA) is 69.1 Å². The lowest BCUT2D eigenvalue weighted by Gasteiger charge is -2.12. The van der Waals surface area contributed by atoms with Crippen molar-refractivity contribution in [1.82, 2.24) is 14.3 Å². The second-order valence-electron chi connectivity index (χ2n) is 6.38. The molecule has 142 valence electrons. The molecule has 8 heteroatoms. The summed E-state index contributed by atoms with van der Waals surface area (Å²) in [4.78, 5) is 16.7. The van der Waals surface area contributed by atoms with Gasteiger partial charge < -0.3 is 10.6 Å². The van der Waals surface area contributed by atoms with E-state index in [0.29, 0.717) is 18.4 Å². The maximum Gasteiger partial charge on any atom is 0.346 e. The normalized spacial score (nSPS) is 11.8. The minimum atomic E-state index is -0.285. The first-order valence-electron chi connectivity index (χ1n) is 8.48. The molecule has 0 atom stereocenters.